The summed E-state index contributed by atoms with van der Waals surface area (Å²) in [6, 6.07) is 9.32. The highest BCUT2D eigenvalue weighted by molar-refractivity contribution is 5.56. The van der Waals surface area contributed by atoms with E-state index in [0.29, 0.717) is 0 Å². The lowest BCUT2D eigenvalue weighted by molar-refractivity contribution is 0.185. The van der Waals surface area contributed by atoms with Crippen molar-refractivity contribution in [1.82, 2.24) is 4.90 Å². The molecule has 1 aliphatic carbocycles. The van der Waals surface area contributed by atoms with Crippen LogP contribution in [0.15, 0.2) is 61.9 Å². The largest absolute Gasteiger partial charge is 0.356 e. The van der Waals surface area contributed by atoms with Gasteiger partial charge in [0.2, 0.25) is 0 Å². The molecule has 0 amide bonds. The second kappa shape index (κ2) is 10.8. The van der Waals surface area contributed by atoms with Gasteiger partial charge in [0.05, 0.1) is 0 Å². The summed E-state index contributed by atoms with van der Waals surface area (Å²) in [6.07, 6.45) is 10.8. The summed E-state index contributed by atoms with van der Waals surface area (Å²) >= 11 is 0. The van der Waals surface area contributed by atoms with Crippen LogP contribution >= 0.6 is 0 Å². The summed E-state index contributed by atoms with van der Waals surface area (Å²) in [4.78, 5) is 2.52. The predicted molar refractivity (Wildman–Crippen MR) is 106 cm³/mol. The van der Waals surface area contributed by atoms with Crippen molar-refractivity contribution in [3.63, 3.8) is 0 Å². The van der Waals surface area contributed by atoms with Gasteiger partial charge in [-0.3, -0.25) is 4.90 Å². The first-order valence-corrected chi connectivity index (χ1v) is 8.58. The Balaban J connectivity index is 0.00000170. The van der Waals surface area contributed by atoms with Gasteiger partial charge in [-0.1, -0.05) is 50.1 Å². The first-order chi connectivity index (χ1) is 11.2. The minimum atomic E-state index is 0. The van der Waals surface area contributed by atoms with E-state index in [9.17, 15) is 0 Å². The molecule has 0 unspecified atom stereocenters. The molecule has 1 aliphatic rings. The first-order valence-electron chi connectivity index (χ1n) is 8.58. The van der Waals surface area contributed by atoms with Crippen molar-refractivity contribution in [2.45, 2.75) is 51.6 Å². The molecule has 0 radical (unpaired) electrons. The van der Waals surface area contributed by atoms with E-state index < -0.39 is 0 Å². The second-order valence-electron chi connectivity index (χ2n) is 5.94. The number of nitrogens with zero attached hydrogens (tertiary/aromatic N) is 1. The number of hydrogen-bond donors (Lipinski definition) is 1. The maximum atomic E-state index is 3.85. The fourth-order valence-corrected chi connectivity index (χ4v) is 3.10. The van der Waals surface area contributed by atoms with E-state index in [4.69, 9.17) is 0 Å². The van der Waals surface area contributed by atoms with Crippen LogP contribution in [-0.2, 0) is 6.54 Å². The van der Waals surface area contributed by atoms with Crippen LogP contribution in [0.2, 0.25) is 0 Å². The van der Waals surface area contributed by atoms with E-state index >= 15 is 0 Å². The number of para-hydroxylation sites is 1. The number of nitrogens with one attached hydrogen (secondary N) is 1. The average Bonchev–Trinajstić information content (AvgIpc) is 2.63. The quantitative estimate of drug-likeness (QED) is 0.511. The van der Waals surface area contributed by atoms with Crippen LogP contribution in [0.1, 0.15) is 46.0 Å². The monoisotopic (exact) mass is 314 g/mol. The van der Waals surface area contributed by atoms with Crippen molar-refractivity contribution in [2.75, 3.05) is 12.4 Å². The van der Waals surface area contributed by atoms with Crippen LogP contribution in [-0.4, -0.2) is 18.0 Å². The van der Waals surface area contributed by atoms with E-state index in [0.717, 1.165) is 18.3 Å². The molecular weight excluding hydrogens is 280 g/mol. The van der Waals surface area contributed by atoms with Gasteiger partial charge in [-0.15, -0.1) is 13.2 Å². The molecule has 0 atom stereocenters. The highest BCUT2D eigenvalue weighted by atomic mass is 15.1. The summed E-state index contributed by atoms with van der Waals surface area (Å²) < 4.78 is 0. The summed E-state index contributed by atoms with van der Waals surface area (Å²) in [5, 5.41) is 3.47. The summed E-state index contributed by atoms with van der Waals surface area (Å²) in [6.45, 7) is 12.9. The van der Waals surface area contributed by atoms with Crippen LogP contribution in [0.25, 0.3) is 0 Å². The Kier molecular flexibility index (Phi) is 9.08. The minimum absolute atomic E-state index is 0. The summed E-state index contributed by atoms with van der Waals surface area (Å²) in [7, 11) is 2.26. The van der Waals surface area contributed by atoms with E-state index in [1.807, 2.05) is 13.0 Å². The van der Waals surface area contributed by atoms with E-state index in [1.54, 1.807) is 0 Å². The van der Waals surface area contributed by atoms with Crippen molar-refractivity contribution in [3.8, 4) is 0 Å². The van der Waals surface area contributed by atoms with Crippen molar-refractivity contribution < 1.29 is 1.43 Å². The number of anilines is 1. The molecule has 1 saturated carbocycles. The Morgan fingerprint density at radius 3 is 2.52 bits per heavy atom. The zero-order chi connectivity index (χ0) is 17.1. The van der Waals surface area contributed by atoms with E-state index in [2.05, 4.69) is 67.3 Å². The third kappa shape index (κ3) is 6.07. The van der Waals surface area contributed by atoms with Gasteiger partial charge in [0.1, 0.15) is 0 Å². The molecule has 1 aromatic rings. The van der Waals surface area contributed by atoms with Gasteiger partial charge in [-0.25, -0.2) is 0 Å². The van der Waals surface area contributed by atoms with Crippen LogP contribution < -0.4 is 5.32 Å². The second-order valence-corrected chi connectivity index (χ2v) is 5.94. The van der Waals surface area contributed by atoms with Gasteiger partial charge in [-0.2, -0.15) is 0 Å². The molecular formula is C21H34N2. The molecule has 0 bridgehead atoms. The minimum Gasteiger partial charge on any atom is -0.356 e. The molecule has 0 aromatic heterocycles. The fourth-order valence-electron chi connectivity index (χ4n) is 3.10. The number of rotatable bonds is 6. The van der Waals surface area contributed by atoms with Gasteiger partial charge >= 0.3 is 0 Å². The maximum Gasteiger partial charge on any atom is 0.0429 e. The standard InChI is InChI=1S/C19H28N2.C2H4.H2/c1-4-17(5-2)20-19-14-10-9-11-16(19)15-21(3)18-12-7-6-8-13-18;1-2;/h4-5,9-11,14,18,20H,1,6-8,12-13,15H2,2-3H3;1-2H2;1H/b17-5+;;. The Hall–Kier alpha value is -1.80. The molecule has 0 saturated heterocycles. The van der Waals surface area contributed by atoms with Gasteiger partial charge in [0.15, 0.2) is 0 Å². The lowest BCUT2D eigenvalue weighted by atomic mass is 9.94. The smallest absolute Gasteiger partial charge is 0.0429 e. The predicted octanol–water partition coefficient (Wildman–Crippen LogP) is 6.00. The molecule has 128 valence electrons. The molecule has 0 spiro atoms. The first kappa shape index (κ1) is 19.2. The topological polar surface area (TPSA) is 15.3 Å². The van der Waals surface area contributed by atoms with E-state index in [1.165, 1.54) is 43.4 Å². The fraction of sp³-hybridized carbons (Fsp3) is 0.429. The lowest BCUT2D eigenvalue weighted by Crippen LogP contribution is -2.33. The van der Waals surface area contributed by atoms with Crippen molar-refractivity contribution in [1.29, 1.82) is 0 Å². The van der Waals surface area contributed by atoms with Gasteiger partial charge in [0.25, 0.3) is 0 Å². The normalized spacial score (nSPS) is 15.7. The molecule has 2 rings (SSSR count). The summed E-state index contributed by atoms with van der Waals surface area (Å²) in [5.74, 6) is 0. The highest BCUT2D eigenvalue weighted by Crippen LogP contribution is 2.25. The molecule has 1 fully saturated rings. The molecule has 23 heavy (non-hydrogen) atoms. The number of benzene rings is 1. The number of allylic oxidation sites excluding steroid dienone is 2. The Morgan fingerprint density at radius 2 is 1.91 bits per heavy atom. The Labute approximate surface area is 144 Å². The zero-order valence-corrected chi connectivity index (χ0v) is 14.9. The SMILES string of the molecule is C=C.C=C/C(=C\C)Nc1ccccc1CN(C)C1CCCCC1.[HH]. The highest BCUT2D eigenvalue weighted by Gasteiger charge is 2.18. The lowest BCUT2D eigenvalue weighted by Gasteiger charge is -2.31. The van der Waals surface area contributed by atoms with Crippen LogP contribution in [0.5, 0.6) is 0 Å². The molecule has 1 aromatic carbocycles. The number of hydrogen-bond acceptors (Lipinski definition) is 2. The molecule has 0 heterocycles. The van der Waals surface area contributed by atoms with Gasteiger partial charge in [-0.05, 0) is 44.5 Å². The van der Waals surface area contributed by atoms with Crippen LogP contribution in [0.4, 0.5) is 5.69 Å². The van der Waals surface area contributed by atoms with Gasteiger partial charge < -0.3 is 5.32 Å². The third-order valence-corrected chi connectivity index (χ3v) is 4.45. The Bertz CT molecular complexity index is 504. The Morgan fingerprint density at radius 1 is 1.26 bits per heavy atom. The molecule has 0 aliphatic heterocycles. The average molecular weight is 315 g/mol. The van der Waals surface area contributed by atoms with E-state index in [-0.39, 0.29) is 1.43 Å². The van der Waals surface area contributed by atoms with Crippen molar-refractivity contribution >= 4 is 5.69 Å². The summed E-state index contributed by atoms with van der Waals surface area (Å²) in [5.41, 5.74) is 3.60. The molecule has 2 nitrogen and oxygen atoms in total. The molecule has 1 N–H and O–H groups in total. The van der Waals surface area contributed by atoms with Crippen LogP contribution in [0.3, 0.4) is 0 Å². The third-order valence-electron chi connectivity index (χ3n) is 4.45. The van der Waals surface area contributed by atoms with Crippen molar-refractivity contribution in [2.24, 2.45) is 0 Å². The molecule has 2 heteroatoms. The zero-order valence-electron chi connectivity index (χ0n) is 14.9. The van der Waals surface area contributed by atoms with Crippen LogP contribution in [0, 0.1) is 0 Å². The van der Waals surface area contributed by atoms with Crippen molar-refractivity contribution in [3.05, 3.63) is 67.4 Å². The maximum absolute atomic E-state index is 3.85. The van der Waals surface area contributed by atoms with Gasteiger partial charge in [0, 0.05) is 25.4 Å².